The van der Waals surface area contributed by atoms with Crippen molar-refractivity contribution in [3.05, 3.63) is 43.0 Å². The van der Waals surface area contributed by atoms with E-state index in [0.717, 1.165) is 5.75 Å². The smallest absolute Gasteiger partial charge is 0.231 e. The Balaban J connectivity index is 1.44. The molecule has 0 saturated carbocycles. The van der Waals surface area contributed by atoms with E-state index in [1.807, 2.05) is 30.3 Å². The van der Waals surface area contributed by atoms with Crippen LogP contribution in [0.3, 0.4) is 0 Å². The van der Waals surface area contributed by atoms with E-state index < -0.39 is 35.8 Å². The molecule has 0 aliphatic carbocycles. The number of nitrogens with zero attached hydrogens (tertiary/aromatic N) is 4. The highest BCUT2D eigenvalue weighted by Crippen LogP contribution is 2.32. The molecule has 3 heterocycles. The van der Waals surface area contributed by atoms with Crippen LogP contribution in [-0.4, -0.2) is 76.5 Å². The Morgan fingerprint density at radius 2 is 1.97 bits per heavy atom. The quantitative estimate of drug-likeness (QED) is 0.215. The summed E-state index contributed by atoms with van der Waals surface area (Å²) < 4.78 is 34.7. The lowest BCUT2D eigenvalue weighted by Crippen LogP contribution is -2.38. The van der Waals surface area contributed by atoms with Gasteiger partial charge in [-0.1, -0.05) is 18.2 Å². The van der Waals surface area contributed by atoms with Crippen LogP contribution < -0.4 is 14.8 Å². The summed E-state index contributed by atoms with van der Waals surface area (Å²) in [6.45, 7) is 0.766. The van der Waals surface area contributed by atoms with Crippen LogP contribution in [0.25, 0.3) is 11.2 Å². The Hall–Kier alpha value is -2.68. The van der Waals surface area contributed by atoms with Gasteiger partial charge in [0.25, 0.3) is 0 Å². The van der Waals surface area contributed by atoms with Crippen molar-refractivity contribution in [2.45, 2.75) is 24.5 Å². The maximum Gasteiger partial charge on any atom is 0.231 e. The molecule has 166 valence electrons. The number of imidazole rings is 1. The molecular weight excluding hydrogens is 428 g/mol. The SMILES string of the molecule is O=S(O)NC[C@H]1O[C@@H](n2cnc3c(NCCOc4ccccc4)ncnc32)[C@H](O)[C@@H]1O. The first-order chi connectivity index (χ1) is 15.0. The number of para-hydroxylation sites is 1. The van der Waals surface area contributed by atoms with Crippen molar-refractivity contribution < 1.29 is 28.4 Å². The summed E-state index contributed by atoms with van der Waals surface area (Å²) in [5.74, 6) is 1.25. The summed E-state index contributed by atoms with van der Waals surface area (Å²) in [5.41, 5.74) is 0.864. The van der Waals surface area contributed by atoms with Crippen LogP contribution in [0.1, 0.15) is 6.23 Å². The number of nitrogens with one attached hydrogen (secondary N) is 2. The molecule has 0 bridgehead atoms. The van der Waals surface area contributed by atoms with E-state index >= 15 is 0 Å². The fourth-order valence-corrected chi connectivity index (χ4v) is 3.61. The molecule has 0 spiro atoms. The normalized spacial score (nSPS) is 24.4. The number of aliphatic hydroxyl groups is 2. The van der Waals surface area contributed by atoms with Crippen molar-refractivity contribution in [2.24, 2.45) is 0 Å². The van der Waals surface area contributed by atoms with Gasteiger partial charge in [0.05, 0.1) is 12.9 Å². The molecule has 5 atom stereocenters. The van der Waals surface area contributed by atoms with Gasteiger partial charge in [-0.3, -0.25) is 9.12 Å². The minimum absolute atomic E-state index is 0.117. The zero-order valence-corrected chi connectivity index (χ0v) is 17.1. The number of anilines is 1. The molecule has 1 aromatic carbocycles. The average Bonchev–Trinajstić information content (AvgIpc) is 3.32. The van der Waals surface area contributed by atoms with Crippen molar-refractivity contribution in [3.8, 4) is 5.75 Å². The van der Waals surface area contributed by atoms with Gasteiger partial charge in [0.2, 0.25) is 11.3 Å². The first-order valence-electron chi connectivity index (χ1n) is 9.50. The lowest BCUT2D eigenvalue weighted by Gasteiger charge is -2.16. The van der Waals surface area contributed by atoms with Crippen molar-refractivity contribution in [3.63, 3.8) is 0 Å². The third-order valence-corrected chi connectivity index (χ3v) is 5.20. The fraction of sp³-hybridized carbons (Fsp3) is 0.389. The summed E-state index contributed by atoms with van der Waals surface area (Å²) in [5, 5.41) is 23.8. The predicted octanol–water partition coefficient (Wildman–Crippen LogP) is -0.337. The van der Waals surface area contributed by atoms with Gasteiger partial charge in [0.15, 0.2) is 23.2 Å². The van der Waals surface area contributed by atoms with Gasteiger partial charge >= 0.3 is 0 Å². The lowest BCUT2D eigenvalue weighted by atomic mass is 10.1. The third-order valence-electron chi connectivity index (χ3n) is 4.78. The summed E-state index contributed by atoms with van der Waals surface area (Å²) in [6.07, 6.45) is -1.60. The van der Waals surface area contributed by atoms with Crippen LogP contribution in [0.5, 0.6) is 5.75 Å². The molecule has 3 aromatic rings. The van der Waals surface area contributed by atoms with Crippen LogP contribution in [0, 0.1) is 0 Å². The summed E-state index contributed by atoms with van der Waals surface area (Å²) in [4.78, 5) is 12.7. The van der Waals surface area contributed by atoms with Crippen LogP contribution in [0.4, 0.5) is 5.82 Å². The predicted molar refractivity (Wildman–Crippen MR) is 110 cm³/mol. The van der Waals surface area contributed by atoms with Crippen LogP contribution >= 0.6 is 0 Å². The van der Waals surface area contributed by atoms with Gasteiger partial charge in [0.1, 0.15) is 37.0 Å². The number of ether oxygens (including phenoxy) is 2. The highest BCUT2D eigenvalue weighted by Gasteiger charge is 2.44. The molecular formula is C18H22N6O6S. The molecule has 1 unspecified atom stereocenters. The Morgan fingerprint density at radius 3 is 2.74 bits per heavy atom. The standard InChI is InChI=1S/C18H22N6O6S/c25-14-12(8-23-31(27)28)30-18(15(14)26)24-10-22-13-16(20-9-21-17(13)24)19-6-7-29-11-4-2-1-3-5-11/h1-5,9-10,12,14-15,18,23,25-26H,6-8H2,(H,27,28)(H,19,20,21)/t12-,14-,15-,18-/m1/s1. The van der Waals surface area contributed by atoms with Crippen molar-refractivity contribution in [1.82, 2.24) is 24.2 Å². The molecule has 0 radical (unpaired) electrons. The highest BCUT2D eigenvalue weighted by atomic mass is 32.2. The number of aromatic nitrogens is 4. The van der Waals surface area contributed by atoms with Gasteiger partial charge in [-0.15, -0.1) is 0 Å². The molecule has 13 heteroatoms. The number of benzene rings is 1. The molecule has 31 heavy (non-hydrogen) atoms. The van der Waals surface area contributed by atoms with E-state index in [2.05, 4.69) is 25.0 Å². The maximum absolute atomic E-state index is 10.8. The molecule has 1 fully saturated rings. The molecule has 1 aliphatic rings. The maximum atomic E-state index is 10.8. The van der Waals surface area contributed by atoms with Crippen LogP contribution in [-0.2, 0) is 16.0 Å². The second-order valence-electron chi connectivity index (χ2n) is 6.78. The Bertz CT molecular complexity index is 1040. The van der Waals surface area contributed by atoms with Gasteiger partial charge in [-0.2, -0.15) is 0 Å². The highest BCUT2D eigenvalue weighted by molar-refractivity contribution is 7.77. The molecule has 0 amide bonds. The lowest BCUT2D eigenvalue weighted by molar-refractivity contribution is -0.0330. The second-order valence-corrected chi connectivity index (χ2v) is 7.57. The molecule has 5 N–H and O–H groups in total. The van der Waals surface area contributed by atoms with E-state index in [4.69, 9.17) is 14.0 Å². The Kier molecular flexibility index (Phi) is 6.70. The molecule has 1 saturated heterocycles. The number of rotatable bonds is 9. The van der Waals surface area contributed by atoms with E-state index in [-0.39, 0.29) is 6.54 Å². The third kappa shape index (κ3) is 4.81. The largest absolute Gasteiger partial charge is 0.492 e. The second kappa shape index (κ2) is 9.64. The van der Waals surface area contributed by atoms with Crippen LogP contribution in [0.15, 0.2) is 43.0 Å². The van der Waals surface area contributed by atoms with Gasteiger partial charge < -0.3 is 25.0 Å². The first-order valence-corrected chi connectivity index (χ1v) is 10.6. The average molecular weight is 450 g/mol. The summed E-state index contributed by atoms with van der Waals surface area (Å²) in [7, 11) is 0. The van der Waals surface area contributed by atoms with Crippen molar-refractivity contribution in [1.29, 1.82) is 0 Å². The molecule has 12 nitrogen and oxygen atoms in total. The van der Waals surface area contributed by atoms with Gasteiger partial charge in [-0.05, 0) is 12.1 Å². The topological polar surface area (TPSA) is 164 Å². The van der Waals surface area contributed by atoms with Crippen molar-refractivity contribution in [2.75, 3.05) is 25.0 Å². The molecule has 4 rings (SSSR count). The zero-order valence-electron chi connectivity index (χ0n) is 16.2. The molecule has 2 aromatic heterocycles. The van der Waals surface area contributed by atoms with E-state index in [1.54, 1.807) is 0 Å². The summed E-state index contributed by atoms with van der Waals surface area (Å²) >= 11 is -2.26. The first kappa shape index (κ1) is 21.5. The zero-order chi connectivity index (χ0) is 21.8. The minimum Gasteiger partial charge on any atom is -0.492 e. The van der Waals surface area contributed by atoms with E-state index in [0.29, 0.717) is 30.1 Å². The van der Waals surface area contributed by atoms with E-state index in [1.165, 1.54) is 17.2 Å². The minimum atomic E-state index is -2.26. The number of aliphatic hydroxyl groups excluding tert-OH is 2. The fourth-order valence-electron chi connectivity index (χ4n) is 3.30. The molecule has 1 aliphatic heterocycles. The monoisotopic (exact) mass is 450 g/mol. The van der Waals surface area contributed by atoms with E-state index in [9.17, 15) is 14.4 Å². The van der Waals surface area contributed by atoms with Gasteiger partial charge in [0, 0.05) is 6.54 Å². The number of hydrogen-bond acceptors (Lipinski definition) is 9. The van der Waals surface area contributed by atoms with Crippen molar-refractivity contribution >= 4 is 28.2 Å². The number of fused-ring (bicyclic) bond motifs is 1. The Labute approximate surface area is 179 Å². The summed E-state index contributed by atoms with van der Waals surface area (Å²) in [6, 6.07) is 9.43. The van der Waals surface area contributed by atoms with Crippen LogP contribution in [0.2, 0.25) is 0 Å². The number of hydrogen-bond donors (Lipinski definition) is 5. The van der Waals surface area contributed by atoms with Gasteiger partial charge in [-0.25, -0.2) is 23.9 Å². The Morgan fingerprint density at radius 1 is 1.16 bits per heavy atom.